The van der Waals surface area contributed by atoms with Gasteiger partial charge in [-0.25, -0.2) is 0 Å². The van der Waals surface area contributed by atoms with E-state index in [1.54, 1.807) is 5.56 Å². The minimum absolute atomic E-state index is 0.339. The Morgan fingerprint density at radius 2 is 1.95 bits per heavy atom. The maximum atomic E-state index is 3.85. The fraction of sp³-hybridized carbons (Fsp3) is 0.647. The van der Waals surface area contributed by atoms with E-state index in [0.29, 0.717) is 16.2 Å². The van der Waals surface area contributed by atoms with E-state index >= 15 is 0 Å². The van der Waals surface area contributed by atoms with E-state index in [1.165, 1.54) is 37.8 Å². The standard InChI is InChI=1S/C17H25NS/c1-16(2)9-8-15(13-6-4-5-7-14(13)16)18-12-17(19-3)10-11-17/h4-7,15,18H,8-12H2,1-3H3. The SMILES string of the molecule is CSC1(CNC2CCC(C)(C)c3ccccc32)CC1. The molecule has 1 unspecified atom stereocenters. The molecule has 0 radical (unpaired) electrons. The van der Waals surface area contributed by atoms with Gasteiger partial charge in [0.2, 0.25) is 0 Å². The van der Waals surface area contributed by atoms with Gasteiger partial charge >= 0.3 is 0 Å². The smallest absolute Gasteiger partial charge is 0.0324 e. The lowest BCUT2D eigenvalue weighted by molar-refractivity contribution is 0.358. The Balaban J connectivity index is 1.77. The van der Waals surface area contributed by atoms with E-state index in [1.807, 2.05) is 11.8 Å². The lowest BCUT2D eigenvalue weighted by Gasteiger charge is -2.38. The predicted molar refractivity (Wildman–Crippen MR) is 84.9 cm³/mol. The van der Waals surface area contributed by atoms with Gasteiger partial charge in [0, 0.05) is 17.3 Å². The maximum Gasteiger partial charge on any atom is 0.0324 e. The summed E-state index contributed by atoms with van der Waals surface area (Å²) < 4.78 is 0.557. The van der Waals surface area contributed by atoms with Crippen molar-refractivity contribution < 1.29 is 0 Å². The van der Waals surface area contributed by atoms with Crippen molar-refractivity contribution >= 4 is 11.8 Å². The van der Waals surface area contributed by atoms with Gasteiger partial charge in [-0.1, -0.05) is 38.1 Å². The maximum absolute atomic E-state index is 3.85. The molecule has 0 spiro atoms. The molecule has 1 saturated carbocycles. The Hall–Kier alpha value is -0.470. The van der Waals surface area contributed by atoms with Gasteiger partial charge in [0.1, 0.15) is 0 Å². The van der Waals surface area contributed by atoms with Gasteiger partial charge in [0.25, 0.3) is 0 Å². The van der Waals surface area contributed by atoms with Crippen LogP contribution in [0.25, 0.3) is 0 Å². The topological polar surface area (TPSA) is 12.0 Å². The van der Waals surface area contributed by atoms with Crippen LogP contribution in [-0.2, 0) is 5.41 Å². The Labute approximate surface area is 121 Å². The highest BCUT2D eigenvalue weighted by molar-refractivity contribution is 8.00. The van der Waals surface area contributed by atoms with Crippen LogP contribution in [0.1, 0.15) is 56.7 Å². The molecule has 3 rings (SSSR count). The second-order valence-electron chi connectivity index (χ2n) is 6.83. The van der Waals surface area contributed by atoms with Crippen LogP contribution in [0.15, 0.2) is 24.3 Å². The van der Waals surface area contributed by atoms with Crippen molar-refractivity contribution in [3.8, 4) is 0 Å². The van der Waals surface area contributed by atoms with Crippen molar-refractivity contribution in [2.45, 2.75) is 55.7 Å². The molecule has 2 aliphatic rings. The zero-order valence-electron chi connectivity index (χ0n) is 12.3. The second kappa shape index (κ2) is 4.82. The fourth-order valence-corrected chi connectivity index (χ4v) is 4.06. The average molecular weight is 275 g/mol. The van der Waals surface area contributed by atoms with Gasteiger partial charge in [0.05, 0.1) is 0 Å². The van der Waals surface area contributed by atoms with E-state index in [4.69, 9.17) is 0 Å². The highest BCUT2D eigenvalue weighted by Crippen LogP contribution is 2.47. The van der Waals surface area contributed by atoms with E-state index < -0.39 is 0 Å². The zero-order valence-corrected chi connectivity index (χ0v) is 13.1. The first-order valence-electron chi connectivity index (χ1n) is 7.44. The van der Waals surface area contributed by atoms with Gasteiger partial charge < -0.3 is 5.32 Å². The molecule has 1 aromatic rings. The monoisotopic (exact) mass is 275 g/mol. The normalized spacial score (nSPS) is 26.8. The van der Waals surface area contributed by atoms with Crippen LogP contribution in [0.4, 0.5) is 0 Å². The Morgan fingerprint density at radius 3 is 2.63 bits per heavy atom. The molecule has 19 heavy (non-hydrogen) atoms. The first kappa shape index (κ1) is 13.5. The van der Waals surface area contributed by atoms with E-state index in [9.17, 15) is 0 Å². The zero-order chi connectivity index (χ0) is 13.5. The summed E-state index contributed by atoms with van der Waals surface area (Å²) in [5.74, 6) is 0. The van der Waals surface area contributed by atoms with Gasteiger partial charge in [-0.2, -0.15) is 11.8 Å². The summed E-state index contributed by atoms with van der Waals surface area (Å²) in [4.78, 5) is 0. The Bertz CT molecular complexity index is 462. The average Bonchev–Trinajstić information content (AvgIpc) is 3.19. The molecule has 1 atom stereocenters. The van der Waals surface area contributed by atoms with Crippen molar-refractivity contribution in [3.63, 3.8) is 0 Å². The molecule has 0 saturated heterocycles. The molecule has 0 aliphatic heterocycles. The number of thioether (sulfide) groups is 1. The van der Waals surface area contributed by atoms with Crippen LogP contribution in [-0.4, -0.2) is 17.5 Å². The number of fused-ring (bicyclic) bond motifs is 1. The molecule has 0 amide bonds. The molecule has 0 aromatic heterocycles. The van der Waals surface area contributed by atoms with Crippen LogP contribution < -0.4 is 5.32 Å². The van der Waals surface area contributed by atoms with Gasteiger partial charge in [0.15, 0.2) is 0 Å². The number of rotatable bonds is 4. The molecule has 2 heteroatoms. The lowest BCUT2D eigenvalue weighted by Crippen LogP contribution is -2.36. The highest BCUT2D eigenvalue weighted by atomic mass is 32.2. The summed E-state index contributed by atoms with van der Waals surface area (Å²) >= 11 is 2.05. The summed E-state index contributed by atoms with van der Waals surface area (Å²) in [6.07, 6.45) is 7.59. The largest absolute Gasteiger partial charge is 0.309 e. The van der Waals surface area contributed by atoms with E-state index in [2.05, 4.69) is 49.7 Å². The molecule has 1 N–H and O–H groups in total. The van der Waals surface area contributed by atoms with Crippen LogP contribution in [0.2, 0.25) is 0 Å². The molecule has 1 nitrogen and oxygen atoms in total. The van der Waals surface area contributed by atoms with Crippen molar-refractivity contribution in [1.82, 2.24) is 5.32 Å². The molecule has 0 heterocycles. The minimum Gasteiger partial charge on any atom is -0.309 e. The minimum atomic E-state index is 0.339. The molecule has 1 fully saturated rings. The first-order valence-corrected chi connectivity index (χ1v) is 8.67. The van der Waals surface area contributed by atoms with Gasteiger partial charge in [-0.3, -0.25) is 0 Å². The molecular weight excluding hydrogens is 250 g/mol. The van der Waals surface area contributed by atoms with E-state index in [-0.39, 0.29) is 0 Å². The molecule has 2 aliphatic carbocycles. The number of benzene rings is 1. The lowest BCUT2D eigenvalue weighted by atomic mass is 9.71. The predicted octanol–water partition coefficient (Wildman–Crippen LogP) is 4.28. The Morgan fingerprint density at radius 1 is 1.21 bits per heavy atom. The fourth-order valence-electron chi connectivity index (χ4n) is 3.33. The summed E-state index contributed by atoms with van der Waals surface area (Å²) in [6.45, 7) is 5.94. The third-order valence-corrected chi connectivity index (χ3v) is 6.45. The summed E-state index contributed by atoms with van der Waals surface area (Å²) in [5.41, 5.74) is 3.43. The third-order valence-electron chi connectivity index (χ3n) is 5.03. The van der Waals surface area contributed by atoms with Gasteiger partial charge in [-0.05, 0) is 48.5 Å². The number of hydrogen-bond acceptors (Lipinski definition) is 2. The van der Waals surface area contributed by atoms with Gasteiger partial charge in [-0.15, -0.1) is 0 Å². The van der Waals surface area contributed by atoms with Crippen LogP contribution in [0.3, 0.4) is 0 Å². The van der Waals surface area contributed by atoms with Crippen LogP contribution >= 0.6 is 11.8 Å². The molecular formula is C17H25NS. The quantitative estimate of drug-likeness (QED) is 0.880. The van der Waals surface area contributed by atoms with Crippen molar-refractivity contribution in [1.29, 1.82) is 0 Å². The Kier molecular flexibility index (Phi) is 3.43. The molecule has 1 aromatic carbocycles. The molecule has 104 valence electrons. The van der Waals surface area contributed by atoms with Crippen LogP contribution in [0.5, 0.6) is 0 Å². The van der Waals surface area contributed by atoms with Crippen molar-refractivity contribution in [2.24, 2.45) is 0 Å². The van der Waals surface area contributed by atoms with Crippen molar-refractivity contribution in [3.05, 3.63) is 35.4 Å². The van der Waals surface area contributed by atoms with E-state index in [0.717, 1.165) is 0 Å². The summed E-state index contributed by atoms with van der Waals surface area (Å²) in [6, 6.07) is 9.59. The second-order valence-corrected chi connectivity index (χ2v) is 8.10. The van der Waals surface area contributed by atoms with Crippen molar-refractivity contribution in [2.75, 3.05) is 12.8 Å². The molecule has 0 bridgehead atoms. The van der Waals surface area contributed by atoms with Crippen LogP contribution in [0, 0.1) is 0 Å². The number of nitrogens with one attached hydrogen (secondary N) is 1. The highest BCUT2D eigenvalue weighted by Gasteiger charge is 2.42. The number of hydrogen-bond donors (Lipinski definition) is 1. The first-order chi connectivity index (χ1) is 9.06. The summed E-state index contributed by atoms with van der Waals surface area (Å²) in [7, 11) is 0. The summed E-state index contributed by atoms with van der Waals surface area (Å²) in [5, 5.41) is 3.85. The third kappa shape index (κ3) is 2.57.